The maximum atomic E-state index is 12.0. The molecule has 0 saturated carbocycles. The first-order valence-electron chi connectivity index (χ1n) is 5.90. The van der Waals surface area contributed by atoms with Crippen molar-refractivity contribution in [3.63, 3.8) is 0 Å². The van der Waals surface area contributed by atoms with Crippen molar-refractivity contribution in [3.05, 3.63) is 21.9 Å². The van der Waals surface area contributed by atoms with Crippen molar-refractivity contribution >= 4 is 28.8 Å². The molecule has 1 rings (SSSR count). The predicted molar refractivity (Wildman–Crippen MR) is 75.1 cm³/mol. The highest BCUT2D eigenvalue weighted by Gasteiger charge is 2.19. The van der Waals surface area contributed by atoms with Crippen molar-refractivity contribution in [2.24, 2.45) is 5.41 Å². The fourth-order valence-corrected chi connectivity index (χ4v) is 2.98. The number of alkyl halides is 1. The number of amides is 1. The number of halogens is 1. The monoisotopic (exact) mass is 273 g/mol. The summed E-state index contributed by atoms with van der Waals surface area (Å²) in [5.74, 6) is 0.668. The van der Waals surface area contributed by atoms with Gasteiger partial charge < -0.3 is 5.32 Å². The summed E-state index contributed by atoms with van der Waals surface area (Å²) in [6, 6.07) is 2.02. The number of nitrogens with one attached hydrogen (secondary N) is 1. The number of rotatable bonds is 6. The van der Waals surface area contributed by atoms with Crippen LogP contribution in [0.2, 0.25) is 0 Å². The molecule has 2 nitrogen and oxygen atoms in total. The lowest BCUT2D eigenvalue weighted by molar-refractivity contribution is 0.0939. The zero-order chi connectivity index (χ0) is 12.9. The van der Waals surface area contributed by atoms with E-state index in [2.05, 4.69) is 26.1 Å². The van der Waals surface area contributed by atoms with Crippen molar-refractivity contribution in [3.8, 4) is 0 Å². The van der Waals surface area contributed by atoms with E-state index in [4.69, 9.17) is 11.6 Å². The van der Waals surface area contributed by atoms with E-state index < -0.39 is 0 Å². The second kappa shape index (κ2) is 6.41. The molecule has 0 radical (unpaired) electrons. The van der Waals surface area contributed by atoms with Gasteiger partial charge in [-0.1, -0.05) is 20.8 Å². The van der Waals surface area contributed by atoms with Gasteiger partial charge in [-0.05, 0) is 35.3 Å². The Morgan fingerprint density at radius 2 is 2.24 bits per heavy atom. The van der Waals surface area contributed by atoms with Crippen LogP contribution in [-0.2, 0) is 6.42 Å². The fourth-order valence-electron chi connectivity index (χ4n) is 1.56. The van der Waals surface area contributed by atoms with E-state index in [9.17, 15) is 4.79 Å². The molecular formula is C13H20ClNOS. The molecule has 0 fully saturated rings. The SMILES string of the molecule is CCc1ccsc1C(=O)NCC(C)(C)CCCl. The Morgan fingerprint density at radius 1 is 1.53 bits per heavy atom. The summed E-state index contributed by atoms with van der Waals surface area (Å²) in [6.07, 6.45) is 1.80. The van der Waals surface area contributed by atoms with Gasteiger partial charge in [-0.15, -0.1) is 22.9 Å². The molecule has 0 atom stereocenters. The molecule has 96 valence electrons. The van der Waals surface area contributed by atoms with Crippen LogP contribution >= 0.6 is 22.9 Å². The van der Waals surface area contributed by atoms with Gasteiger partial charge in [0.05, 0.1) is 4.88 Å². The summed E-state index contributed by atoms with van der Waals surface area (Å²) in [5, 5.41) is 4.97. The van der Waals surface area contributed by atoms with Gasteiger partial charge in [0.2, 0.25) is 0 Å². The van der Waals surface area contributed by atoms with Crippen LogP contribution < -0.4 is 5.32 Å². The Morgan fingerprint density at radius 3 is 2.82 bits per heavy atom. The minimum Gasteiger partial charge on any atom is -0.351 e. The Bertz CT molecular complexity index is 373. The van der Waals surface area contributed by atoms with Crippen LogP contribution in [0.1, 0.15) is 42.4 Å². The van der Waals surface area contributed by atoms with E-state index in [1.54, 1.807) is 0 Å². The van der Waals surface area contributed by atoms with Gasteiger partial charge in [-0.3, -0.25) is 4.79 Å². The third kappa shape index (κ3) is 4.32. The average molecular weight is 274 g/mol. The normalized spacial score (nSPS) is 11.5. The molecule has 1 amide bonds. The maximum absolute atomic E-state index is 12.0. The summed E-state index contributed by atoms with van der Waals surface area (Å²) in [4.78, 5) is 12.8. The highest BCUT2D eigenvalue weighted by atomic mass is 35.5. The lowest BCUT2D eigenvalue weighted by Gasteiger charge is -2.23. The molecule has 4 heteroatoms. The zero-order valence-electron chi connectivity index (χ0n) is 10.7. The van der Waals surface area contributed by atoms with Crippen molar-refractivity contribution < 1.29 is 4.79 Å². The molecule has 0 unspecified atom stereocenters. The summed E-state index contributed by atoms with van der Waals surface area (Å²) in [7, 11) is 0. The van der Waals surface area contributed by atoms with Gasteiger partial charge in [0.1, 0.15) is 0 Å². The third-order valence-corrected chi connectivity index (χ3v) is 3.98. The molecule has 17 heavy (non-hydrogen) atoms. The number of carbonyl (C=O) groups is 1. The molecule has 1 heterocycles. The van der Waals surface area contributed by atoms with Crippen LogP contribution in [0.25, 0.3) is 0 Å². The summed E-state index contributed by atoms with van der Waals surface area (Å²) in [5.41, 5.74) is 1.18. The second-order valence-electron chi connectivity index (χ2n) is 4.91. The molecule has 0 saturated heterocycles. The quantitative estimate of drug-likeness (QED) is 0.787. The van der Waals surface area contributed by atoms with Crippen LogP contribution in [0.3, 0.4) is 0 Å². The zero-order valence-corrected chi connectivity index (χ0v) is 12.3. The lowest BCUT2D eigenvalue weighted by atomic mass is 9.90. The standard InChI is InChI=1S/C13H20ClNOS/c1-4-10-5-8-17-11(10)12(16)15-9-13(2,3)6-7-14/h5,8H,4,6-7,9H2,1-3H3,(H,15,16). The van der Waals surface area contributed by atoms with E-state index in [0.29, 0.717) is 12.4 Å². The van der Waals surface area contributed by atoms with Gasteiger partial charge in [0.15, 0.2) is 0 Å². The minimum absolute atomic E-state index is 0.0412. The Hall–Kier alpha value is -0.540. The average Bonchev–Trinajstić information content (AvgIpc) is 2.74. The first-order chi connectivity index (χ1) is 8.00. The number of hydrogen-bond donors (Lipinski definition) is 1. The van der Waals surface area contributed by atoms with E-state index in [0.717, 1.165) is 23.3 Å². The summed E-state index contributed by atoms with van der Waals surface area (Å²) < 4.78 is 0. The summed E-state index contributed by atoms with van der Waals surface area (Å²) in [6.45, 7) is 6.96. The number of thiophene rings is 1. The molecule has 1 aromatic rings. The number of hydrogen-bond acceptors (Lipinski definition) is 2. The maximum Gasteiger partial charge on any atom is 0.261 e. The van der Waals surface area contributed by atoms with E-state index in [1.807, 2.05) is 11.4 Å². The molecule has 0 aliphatic carbocycles. The third-order valence-electron chi connectivity index (χ3n) is 2.83. The van der Waals surface area contributed by atoms with Crippen LogP contribution in [0.15, 0.2) is 11.4 Å². The van der Waals surface area contributed by atoms with Gasteiger partial charge in [0.25, 0.3) is 5.91 Å². The van der Waals surface area contributed by atoms with Crippen molar-refractivity contribution in [1.82, 2.24) is 5.32 Å². The molecular weight excluding hydrogens is 254 g/mol. The molecule has 0 aliphatic rings. The molecule has 0 spiro atoms. The lowest BCUT2D eigenvalue weighted by Crippen LogP contribution is -2.34. The molecule has 0 bridgehead atoms. The highest BCUT2D eigenvalue weighted by molar-refractivity contribution is 7.12. The minimum atomic E-state index is 0.0412. The van der Waals surface area contributed by atoms with Gasteiger partial charge in [0, 0.05) is 12.4 Å². The Kier molecular flexibility index (Phi) is 5.47. The van der Waals surface area contributed by atoms with Crippen LogP contribution in [0, 0.1) is 5.41 Å². The first-order valence-corrected chi connectivity index (χ1v) is 7.32. The van der Waals surface area contributed by atoms with E-state index in [-0.39, 0.29) is 11.3 Å². The smallest absolute Gasteiger partial charge is 0.261 e. The van der Waals surface area contributed by atoms with Crippen LogP contribution in [0.4, 0.5) is 0 Å². The number of aryl methyl sites for hydroxylation is 1. The number of carbonyl (C=O) groups excluding carboxylic acids is 1. The highest BCUT2D eigenvalue weighted by Crippen LogP contribution is 2.21. The van der Waals surface area contributed by atoms with Crippen molar-refractivity contribution in [2.45, 2.75) is 33.6 Å². The van der Waals surface area contributed by atoms with Crippen LogP contribution in [0.5, 0.6) is 0 Å². The van der Waals surface area contributed by atoms with Gasteiger partial charge >= 0.3 is 0 Å². The van der Waals surface area contributed by atoms with Gasteiger partial charge in [-0.25, -0.2) is 0 Å². The Labute approximate surface area is 112 Å². The van der Waals surface area contributed by atoms with Crippen molar-refractivity contribution in [2.75, 3.05) is 12.4 Å². The largest absolute Gasteiger partial charge is 0.351 e. The Balaban J connectivity index is 2.56. The van der Waals surface area contributed by atoms with E-state index >= 15 is 0 Å². The molecule has 0 aliphatic heterocycles. The first kappa shape index (κ1) is 14.5. The predicted octanol–water partition coefficient (Wildman–Crippen LogP) is 3.70. The van der Waals surface area contributed by atoms with Crippen LogP contribution in [-0.4, -0.2) is 18.3 Å². The van der Waals surface area contributed by atoms with Gasteiger partial charge in [-0.2, -0.15) is 0 Å². The fraction of sp³-hybridized carbons (Fsp3) is 0.615. The second-order valence-corrected chi connectivity index (χ2v) is 6.21. The van der Waals surface area contributed by atoms with Crippen molar-refractivity contribution in [1.29, 1.82) is 0 Å². The molecule has 1 aromatic heterocycles. The molecule has 1 N–H and O–H groups in total. The van der Waals surface area contributed by atoms with E-state index in [1.165, 1.54) is 11.3 Å². The summed E-state index contributed by atoms with van der Waals surface area (Å²) >= 11 is 7.25. The molecule has 0 aromatic carbocycles. The topological polar surface area (TPSA) is 29.1 Å².